The number of nitrogens with zero attached hydrogens (tertiary/aromatic N) is 1. The maximum Gasteiger partial charge on any atom is 0.0804 e. The summed E-state index contributed by atoms with van der Waals surface area (Å²) in [4.78, 5) is 2.36. The Balaban J connectivity index is 2.82. The highest BCUT2D eigenvalue weighted by Gasteiger charge is 2.43. The molecule has 0 aromatic rings. The molecule has 2 nitrogen and oxygen atoms in total. The van der Waals surface area contributed by atoms with Crippen LogP contribution in [0.4, 0.5) is 0 Å². The van der Waals surface area contributed by atoms with E-state index in [4.69, 9.17) is 4.74 Å². The van der Waals surface area contributed by atoms with Gasteiger partial charge in [0.2, 0.25) is 0 Å². The molecule has 2 heteroatoms. The molecule has 0 amide bonds. The van der Waals surface area contributed by atoms with E-state index in [-0.39, 0.29) is 11.1 Å². The SMILES string of the molecule is CN1CCOC(C)(C)C1(C)C. The summed E-state index contributed by atoms with van der Waals surface area (Å²) >= 11 is 0. The lowest BCUT2D eigenvalue weighted by Crippen LogP contribution is -2.62. The summed E-state index contributed by atoms with van der Waals surface area (Å²) in [5.41, 5.74) is 0.116. The van der Waals surface area contributed by atoms with Gasteiger partial charge >= 0.3 is 0 Å². The molecule has 1 fully saturated rings. The Morgan fingerprint density at radius 2 is 1.73 bits per heavy atom. The Bertz CT molecular complexity index is 152. The first-order valence-corrected chi connectivity index (χ1v) is 4.23. The smallest absolute Gasteiger partial charge is 0.0804 e. The maximum absolute atomic E-state index is 5.71. The van der Waals surface area contributed by atoms with Crippen molar-refractivity contribution in [3.63, 3.8) is 0 Å². The first kappa shape index (κ1) is 9.01. The Kier molecular flexibility index (Phi) is 2.01. The van der Waals surface area contributed by atoms with Crippen molar-refractivity contribution in [2.75, 3.05) is 20.2 Å². The second-order valence-electron chi connectivity index (χ2n) is 4.34. The minimum atomic E-state index is -0.0278. The monoisotopic (exact) mass is 157 g/mol. The molecule has 0 atom stereocenters. The van der Waals surface area contributed by atoms with Crippen molar-refractivity contribution in [3.8, 4) is 0 Å². The van der Waals surface area contributed by atoms with Crippen LogP contribution in [0.2, 0.25) is 0 Å². The van der Waals surface area contributed by atoms with Crippen molar-refractivity contribution in [1.82, 2.24) is 4.90 Å². The third-order valence-corrected chi connectivity index (χ3v) is 3.32. The minimum Gasteiger partial charge on any atom is -0.372 e. The van der Waals surface area contributed by atoms with E-state index in [9.17, 15) is 0 Å². The number of rotatable bonds is 0. The first-order valence-electron chi connectivity index (χ1n) is 4.23. The van der Waals surface area contributed by atoms with Gasteiger partial charge in [-0.1, -0.05) is 0 Å². The molecule has 1 heterocycles. The van der Waals surface area contributed by atoms with Crippen LogP contribution in [0, 0.1) is 0 Å². The summed E-state index contributed by atoms with van der Waals surface area (Å²) in [5, 5.41) is 0. The molecule has 11 heavy (non-hydrogen) atoms. The zero-order chi connectivity index (χ0) is 8.70. The molecule has 0 spiro atoms. The topological polar surface area (TPSA) is 12.5 Å². The lowest BCUT2D eigenvalue weighted by molar-refractivity contribution is -0.158. The average molecular weight is 157 g/mol. The predicted octanol–water partition coefficient (Wildman–Crippen LogP) is 1.51. The molecule has 0 aliphatic carbocycles. The van der Waals surface area contributed by atoms with Crippen molar-refractivity contribution >= 4 is 0 Å². The largest absolute Gasteiger partial charge is 0.372 e. The van der Waals surface area contributed by atoms with Gasteiger partial charge in [-0.15, -0.1) is 0 Å². The molecule has 0 bridgehead atoms. The number of morpholine rings is 1. The molecule has 0 radical (unpaired) electrons. The molecular formula is C9H19NO. The summed E-state index contributed by atoms with van der Waals surface area (Å²) in [5.74, 6) is 0. The summed E-state index contributed by atoms with van der Waals surface area (Å²) in [6.07, 6.45) is 0. The van der Waals surface area contributed by atoms with Crippen molar-refractivity contribution in [1.29, 1.82) is 0 Å². The second kappa shape index (κ2) is 2.46. The Morgan fingerprint density at radius 1 is 1.18 bits per heavy atom. The van der Waals surface area contributed by atoms with E-state index in [2.05, 4.69) is 39.6 Å². The highest BCUT2D eigenvalue weighted by atomic mass is 16.5. The zero-order valence-corrected chi connectivity index (χ0v) is 8.27. The van der Waals surface area contributed by atoms with Crippen molar-refractivity contribution in [3.05, 3.63) is 0 Å². The molecule has 66 valence electrons. The maximum atomic E-state index is 5.71. The summed E-state index contributed by atoms with van der Waals surface area (Å²) in [6, 6.07) is 0. The van der Waals surface area contributed by atoms with Crippen LogP contribution in [0.15, 0.2) is 0 Å². The molecule has 0 saturated carbocycles. The van der Waals surface area contributed by atoms with E-state index < -0.39 is 0 Å². The Hall–Kier alpha value is -0.0800. The lowest BCUT2D eigenvalue weighted by Gasteiger charge is -2.51. The van der Waals surface area contributed by atoms with E-state index >= 15 is 0 Å². The van der Waals surface area contributed by atoms with Gasteiger partial charge < -0.3 is 4.74 Å². The minimum absolute atomic E-state index is 0.0278. The number of hydrogen-bond donors (Lipinski definition) is 0. The molecule has 1 rings (SSSR count). The summed E-state index contributed by atoms with van der Waals surface area (Å²) in [6.45, 7) is 10.7. The van der Waals surface area contributed by atoms with Crippen molar-refractivity contribution < 1.29 is 4.74 Å². The van der Waals surface area contributed by atoms with Gasteiger partial charge in [0.25, 0.3) is 0 Å². The fourth-order valence-corrected chi connectivity index (χ4v) is 1.35. The molecule has 1 aliphatic rings. The van der Waals surface area contributed by atoms with Crippen LogP contribution in [0.25, 0.3) is 0 Å². The van der Waals surface area contributed by atoms with Crippen LogP contribution in [0.3, 0.4) is 0 Å². The van der Waals surface area contributed by atoms with Gasteiger partial charge in [0.15, 0.2) is 0 Å². The quantitative estimate of drug-likeness (QED) is 0.528. The molecule has 0 unspecified atom stereocenters. The van der Waals surface area contributed by atoms with E-state index in [1.54, 1.807) is 0 Å². The van der Waals surface area contributed by atoms with Crippen LogP contribution in [-0.4, -0.2) is 36.2 Å². The highest BCUT2D eigenvalue weighted by Crippen LogP contribution is 2.32. The van der Waals surface area contributed by atoms with E-state index in [0.717, 1.165) is 13.2 Å². The van der Waals surface area contributed by atoms with Gasteiger partial charge in [-0.25, -0.2) is 0 Å². The van der Waals surface area contributed by atoms with Gasteiger partial charge in [0.05, 0.1) is 12.2 Å². The van der Waals surface area contributed by atoms with Crippen LogP contribution in [-0.2, 0) is 4.74 Å². The summed E-state index contributed by atoms with van der Waals surface area (Å²) < 4.78 is 5.71. The number of likely N-dealkylation sites (N-methyl/N-ethyl adjacent to an activating group) is 1. The standard InChI is InChI=1S/C9H19NO/c1-8(2)9(3,4)11-7-6-10(8)5/h6-7H2,1-5H3. The fraction of sp³-hybridized carbons (Fsp3) is 1.00. The van der Waals surface area contributed by atoms with Crippen LogP contribution >= 0.6 is 0 Å². The molecule has 1 aliphatic heterocycles. The van der Waals surface area contributed by atoms with Gasteiger partial charge in [-0.05, 0) is 34.7 Å². The van der Waals surface area contributed by atoms with E-state index in [0.29, 0.717) is 0 Å². The zero-order valence-electron chi connectivity index (χ0n) is 8.27. The molecule has 0 aromatic carbocycles. The predicted molar refractivity (Wildman–Crippen MR) is 46.7 cm³/mol. The van der Waals surface area contributed by atoms with Gasteiger partial charge in [0.1, 0.15) is 0 Å². The third-order valence-electron chi connectivity index (χ3n) is 3.32. The van der Waals surface area contributed by atoms with E-state index in [1.165, 1.54) is 0 Å². The van der Waals surface area contributed by atoms with Crippen LogP contribution in [0.1, 0.15) is 27.7 Å². The molecule has 0 aromatic heterocycles. The van der Waals surface area contributed by atoms with Crippen LogP contribution < -0.4 is 0 Å². The fourth-order valence-electron chi connectivity index (χ4n) is 1.35. The van der Waals surface area contributed by atoms with Gasteiger partial charge in [-0.3, -0.25) is 4.90 Å². The summed E-state index contributed by atoms with van der Waals surface area (Å²) in [7, 11) is 2.16. The van der Waals surface area contributed by atoms with E-state index in [1.807, 2.05) is 0 Å². The molecule has 1 saturated heterocycles. The van der Waals surface area contributed by atoms with Crippen molar-refractivity contribution in [2.45, 2.75) is 38.8 Å². The van der Waals surface area contributed by atoms with Gasteiger partial charge in [-0.2, -0.15) is 0 Å². The Labute approximate surface area is 69.5 Å². The van der Waals surface area contributed by atoms with Gasteiger partial charge in [0, 0.05) is 12.1 Å². The second-order valence-corrected chi connectivity index (χ2v) is 4.34. The highest BCUT2D eigenvalue weighted by molar-refractivity contribution is 4.98. The average Bonchev–Trinajstić information content (AvgIpc) is 1.84. The number of hydrogen-bond acceptors (Lipinski definition) is 2. The number of ether oxygens (including phenoxy) is 1. The first-order chi connectivity index (χ1) is 4.88. The Morgan fingerprint density at radius 3 is 2.09 bits per heavy atom. The molecular weight excluding hydrogens is 138 g/mol. The van der Waals surface area contributed by atoms with Crippen molar-refractivity contribution in [2.24, 2.45) is 0 Å². The van der Waals surface area contributed by atoms with Crippen LogP contribution in [0.5, 0.6) is 0 Å². The third kappa shape index (κ3) is 1.30. The lowest BCUT2D eigenvalue weighted by atomic mass is 9.83. The normalized spacial score (nSPS) is 30.3. The molecule has 0 N–H and O–H groups in total.